The zero-order valence-corrected chi connectivity index (χ0v) is 9.03. The van der Waals surface area contributed by atoms with Crippen molar-refractivity contribution in [3.8, 4) is 0 Å². The molecular formula is C6H16N8O2. The summed E-state index contributed by atoms with van der Waals surface area (Å²) in [5, 5.41) is 19.1. The third kappa shape index (κ3) is 41.5. The van der Waals surface area contributed by atoms with Crippen LogP contribution in [-0.2, 0) is 4.79 Å². The highest BCUT2D eigenvalue weighted by atomic mass is 16.4. The summed E-state index contributed by atoms with van der Waals surface area (Å²) in [6.07, 6.45) is 1.89. The third-order valence-electron chi connectivity index (χ3n) is 0.743. The summed E-state index contributed by atoms with van der Waals surface area (Å²) in [4.78, 5) is 9.70. The van der Waals surface area contributed by atoms with E-state index < -0.39 is 5.97 Å². The van der Waals surface area contributed by atoms with Gasteiger partial charge in [-0.05, 0) is 0 Å². The van der Waals surface area contributed by atoms with Crippen LogP contribution in [0.5, 0.6) is 0 Å². The summed E-state index contributed by atoms with van der Waals surface area (Å²) >= 11 is 0. The Morgan fingerprint density at radius 1 is 1.19 bits per heavy atom. The zero-order chi connectivity index (χ0) is 13.4. The van der Waals surface area contributed by atoms with Crippen LogP contribution in [0, 0.1) is 17.0 Å². The lowest BCUT2D eigenvalue weighted by molar-refractivity contribution is -0.140. The van der Waals surface area contributed by atoms with Gasteiger partial charge in [0, 0.05) is 0 Å². The molecule has 0 aromatic heterocycles. The number of hydrogen-bond donors (Lipinski definition) is 5. The standard InChI is InChI=1S/C4H8O2.2CH4N4/c1-3(2)4(5)6;2*2-4-1-5-3/h3H,1-2H3,(H,5,6);2*1-2H,3H2. The second kappa shape index (κ2) is 18.4. The lowest BCUT2D eigenvalue weighted by Crippen LogP contribution is -2.03. The number of aliphatic carboxylic acids is 1. The first-order valence-electron chi connectivity index (χ1n) is 3.87. The van der Waals surface area contributed by atoms with E-state index in [0.717, 1.165) is 12.7 Å². The Hall–Kier alpha value is -2.39. The number of carboxylic acid groups (broad SMARTS) is 1. The van der Waals surface area contributed by atoms with Gasteiger partial charge >= 0.3 is 5.97 Å². The molecule has 0 fully saturated rings. The molecule has 0 bridgehead atoms. The molecule has 0 saturated carbocycles. The van der Waals surface area contributed by atoms with Crippen LogP contribution in [0.2, 0.25) is 0 Å². The van der Waals surface area contributed by atoms with Gasteiger partial charge in [0.1, 0.15) is 0 Å². The summed E-state index contributed by atoms with van der Waals surface area (Å²) in [6, 6.07) is 0. The molecule has 0 saturated heterocycles. The van der Waals surface area contributed by atoms with Crippen molar-refractivity contribution in [1.29, 1.82) is 11.1 Å². The molecule has 0 aliphatic carbocycles. The van der Waals surface area contributed by atoms with Crippen molar-refractivity contribution >= 4 is 18.6 Å². The third-order valence-corrected chi connectivity index (χ3v) is 0.743. The van der Waals surface area contributed by atoms with Gasteiger partial charge in [-0.1, -0.05) is 13.8 Å². The van der Waals surface area contributed by atoms with Gasteiger partial charge in [0.25, 0.3) is 0 Å². The fraction of sp³-hybridized carbons (Fsp3) is 0.500. The van der Waals surface area contributed by atoms with E-state index >= 15 is 0 Å². The lowest BCUT2D eigenvalue weighted by Gasteiger charge is -1.89. The topological polar surface area (TPSA) is 186 Å². The van der Waals surface area contributed by atoms with Crippen LogP contribution < -0.4 is 11.7 Å². The maximum Gasteiger partial charge on any atom is 0.305 e. The quantitative estimate of drug-likeness (QED) is 0.156. The summed E-state index contributed by atoms with van der Waals surface area (Å²) in [6.45, 7) is 3.28. The van der Waals surface area contributed by atoms with Crippen molar-refractivity contribution in [2.45, 2.75) is 13.8 Å². The highest BCUT2D eigenvalue weighted by molar-refractivity contribution is 5.68. The molecule has 0 unspecified atom stereocenters. The van der Waals surface area contributed by atoms with Gasteiger partial charge in [0.15, 0.2) is 12.7 Å². The Balaban J connectivity index is -0.000000160. The minimum Gasteiger partial charge on any atom is -0.481 e. The molecule has 0 spiro atoms. The smallest absolute Gasteiger partial charge is 0.305 e. The molecule has 92 valence electrons. The Kier molecular flexibility index (Phi) is 22.1. The minimum atomic E-state index is -0.741. The van der Waals surface area contributed by atoms with Crippen LogP contribution in [0.3, 0.4) is 0 Å². The Morgan fingerprint density at radius 2 is 1.44 bits per heavy atom. The predicted octanol–water partition coefficient (Wildman–Crippen LogP) is 0.566. The summed E-state index contributed by atoms with van der Waals surface area (Å²) in [5.74, 6) is 8.02. The van der Waals surface area contributed by atoms with Crippen molar-refractivity contribution < 1.29 is 9.90 Å². The molecule has 0 amide bonds. The van der Waals surface area contributed by atoms with Gasteiger partial charge in [0.2, 0.25) is 0 Å². The number of nitrogens with two attached hydrogens (primary N) is 2. The molecule has 10 nitrogen and oxygen atoms in total. The van der Waals surface area contributed by atoms with Crippen molar-refractivity contribution in [2.75, 3.05) is 0 Å². The van der Waals surface area contributed by atoms with Gasteiger partial charge in [-0.15, -0.1) is 10.2 Å². The van der Waals surface area contributed by atoms with Gasteiger partial charge in [0.05, 0.1) is 5.92 Å². The molecule has 0 aromatic rings. The fourth-order valence-electron chi connectivity index (χ4n) is 0.0667. The highest BCUT2D eigenvalue weighted by Crippen LogP contribution is 1.87. The van der Waals surface area contributed by atoms with Crippen molar-refractivity contribution in [3.05, 3.63) is 0 Å². The number of hydrogen-bond acceptors (Lipinski definition) is 7. The van der Waals surface area contributed by atoms with Gasteiger partial charge in [-0.3, -0.25) is 4.79 Å². The van der Waals surface area contributed by atoms with Crippen LogP contribution in [0.25, 0.3) is 0 Å². The molecular weight excluding hydrogens is 216 g/mol. The molecule has 7 N–H and O–H groups in total. The lowest BCUT2D eigenvalue weighted by atomic mass is 10.2. The van der Waals surface area contributed by atoms with E-state index in [-0.39, 0.29) is 5.92 Å². The van der Waals surface area contributed by atoms with E-state index in [2.05, 4.69) is 32.1 Å². The van der Waals surface area contributed by atoms with Crippen LogP contribution >= 0.6 is 0 Å². The summed E-state index contributed by atoms with van der Waals surface area (Å²) in [7, 11) is 0. The van der Waals surface area contributed by atoms with E-state index in [1.165, 1.54) is 0 Å². The molecule has 0 rings (SSSR count). The molecule has 16 heavy (non-hydrogen) atoms. The van der Waals surface area contributed by atoms with Crippen LogP contribution in [0.4, 0.5) is 0 Å². The molecule has 0 aliphatic heterocycles. The normalized spacial score (nSPS) is 8.94. The minimum absolute atomic E-state index is 0.231. The van der Waals surface area contributed by atoms with Gasteiger partial charge in [-0.2, -0.15) is 10.2 Å². The number of carboxylic acids is 1. The van der Waals surface area contributed by atoms with E-state index in [4.69, 9.17) is 16.2 Å². The van der Waals surface area contributed by atoms with E-state index in [1.807, 2.05) is 0 Å². The van der Waals surface area contributed by atoms with Crippen LogP contribution in [-0.4, -0.2) is 23.8 Å². The monoisotopic (exact) mass is 232 g/mol. The van der Waals surface area contributed by atoms with E-state index in [9.17, 15) is 4.79 Å². The first-order valence-corrected chi connectivity index (χ1v) is 3.87. The van der Waals surface area contributed by atoms with E-state index in [0.29, 0.717) is 0 Å². The Bertz CT molecular complexity index is 221. The highest BCUT2D eigenvalue weighted by Gasteiger charge is 1.99. The van der Waals surface area contributed by atoms with Crippen molar-refractivity contribution in [3.63, 3.8) is 0 Å². The number of rotatable bonds is 3. The first-order chi connectivity index (χ1) is 7.47. The second-order valence-corrected chi connectivity index (χ2v) is 2.28. The average Bonchev–Trinajstić information content (AvgIpc) is 2.22. The largest absolute Gasteiger partial charge is 0.481 e. The SMILES string of the molecule is CC(C)C(=O)O.N=NC=NN.N=NC=NN. The molecule has 0 heterocycles. The molecule has 0 atom stereocenters. The fourth-order valence-corrected chi connectivity index (χ4v) is 0.0667. The molecule has 0 aromatic carbocycles. The number of nitrogens with zero attached hydrogens (tertiary/aromatic N) is 4. The first kappa shape index (κ1) is 19.2. The van der Waals surface area contributed by atoms with E-state index in [1.54, 1.807) is 13.8 Å². The van der Waals surface area contributed by atoms with Crippen molar-refractivity contribution in [2.24, 2.45) is 38.0 Å². The molecule has 0 aliphatic rings. The average molecular weight is 232 g/mol. The second-order valence-electron chi connectivity index (χ2n) is 2.28. The predicted molar refractivity (Wildman–Crippen MR) is 58.1 cm³/mol. The number of nitrogens with one attached hydrogen (secondary N) is 2. The Labute approximate surface area is 92.4 Å². The maximum absolute atomic E-state index is 9.70. The van der Waals surface area contributed by atoms with Gasteiger partial charge < -0.3 is 16.8 Å². The van der Waals surface area contributed by atoms with Crippen molar-refractivity contribution in [1.82, 2.24) is 0 Å². The molecule has 0 radical (unpaired) electrons. The summed E-state index contributed by atoms with van der Waals surface area (Å²) < 4.78 is 0. The number of carbonyl (C=O) groups is 1. The summed E-state index contributed by atoms with van der Waals surface area (Å²) in [5.41, 5.74) is 12.0. The molecule has 10 heteroatoms. The van der Waals surface area contributed by atoms with Crippen LogP contribution in [0.1, 0.15) is 13.8 Å². The number of hydrazone groups is 2. The maximum atomic E-state index is 9.70. The van der Waals surface area contributed by atoms with Gasteiger partial charge in [-0.25, -0.2) is 11.1 Å². The van der Waals surface area contributed by atoms with Crippen LogP contribution in [0.15, 0.2) is 20.4 Å². The Morgan fingerprint density at radius 3 is 1.44 bits per heavy atom. The zero-order valence-electron chi connectivity index (χ0n) is 9.03.